The molecule has 4 rings (SSSR count). The van der Waals surface area contributed by atoms with E-state index in [-0.39, 0.29) is 18.1 Å². The molecule has 0 atom stereocenters. The number of aryl methyl sites for hydroxylation is 1. The SMILES string of the molecule is CCn1c(CN(c2ccc(F)cc2)S(C)(=O)=O)nnc1SCC(=O)c1cn(CC)c2ccccc12. The van der Waals surface area contributed by atoms with Gasteiger partial charge in [-0.1, -0.05) is 30.0 Å². The topological polar surface area (TPSA) is 90.1 Å². The van der Waals surface area contributed by atoms with Gasteiger partial charge in [0, 0.05) is 35.8 Å². The highest BCUT2D eigenvalue weighted by Gasteiger charge is 2.23. The lowest BCUT2D eigenvalue weighted by Crippen LogP contribution is -2.30. The summed E-state index contributed by atoms with van der Waals surface area (Å²) in [6.07, 6.45) is 2.97. The average molecular weight is 516 g/mol. The van der Waals surface area contributed by atoms with Crippen molar-refractivity contribution in [3.8, 4) is 0 Å². The van der Waals surface area contributed by atoms with Gasteiger partial charge in [-0.2, -0.15) is 0 Å². The number of sulfonamides is 1. The van der Waals surface area contributed by atoms with Crippen molar-refractivity contribution in [2.75, 3.05) is 16.3 Å². The van der Waals surface area contributed by atoms with Gasteiger partial charge in [0.2, 0.25) is 10.0 Å². The largest absolute Gasteiger partial charge is 0.347 e. The second-order valence-corrected chi connectivity index (χ2v) is 10.8. The summed E-state index contributed by atoms with van der Waals surface area (Å²) in [5, 5.41) is 9.86. The second kappa shape index (κ2) is 10.2. The van der Waals surface area contributed by atoms with E-state index < -0.39 is 15.8 Å². The fourth-order valence-corrected chi connectivity index (χ4v) is 5.69. The van der Waals surface area contributed by atoms with Crippen LogP contribution in [0.25, 0.3) is 10.9 Å². The van der Waals surface area contributed by atoms with Crippen molar-refractivity contribution >= 4 is 44.2 Å². The van der Waals surface area contributed by atoms with Crippen LogP contribution in [-0.4, -0.2) is 45.5 Å². The van der Waals surface area contributed by atoms with Gasteiger partial charge in [0.05, 0.1) is 24.2 Å². The van der Waals surface area contributed by atoms with Gasteiger partial charge in [-0.15, -0.1) is 10.2 Å². The molecule has 0 aliphatic heterocycles. The van der Waals surface area contributed by atoms with Gasteiger partial charge in [-0.3, -0.25) is 9.10 Å². The molecule has 2 aromatic carbocycles. The second-order valence-electron chi connectivity index (χ2n) is 7.95. The van der Waals surface area contributed by atoms with Gasteiger partial charge in [0.1, 0.15) is 5.82 Å². The highest BCUT2D eigenvalue weighted by atomic mass is 32.2. The standard InChI is InChI=1S/C24H26FN5O3S2/c1-4-28-14-20(19-8-6-7-9-21(19)28)22(31)16-34-24-27-26-23(29(24)5-2)15-30(35(3,32)33)18-12-10-17(25)11-13-18/h6-14H,4-5,15-16H2,1-3H3. The van der Waals surface area contributed by atoms with Crippen LogP contribution in [0.4, 0.5) is 10.1 Å². The van der Waals surface area contributed by atoms with Gasteiger partial charge in [0.15, 0.2) is 16.8 Å². The molecule has 0 bridgehead atoms. The lowest BCUT2D eigenvalue weighted by molar-refractivity contribution is 0.102. The van der Waals surface area contributed by atoms with E-state index in [9.17, 15) is 17.6 Å². The van der Waals surface area contributed by atoms with Crippen LogP contribution in [0.15, 0.2) is 59.9 Å². The van der Waals surface area contributed by atoms with E-state index in [1.165, 1.54) is 36.0 Å². The number of fused-ring (bicyclic) bond motifs is 1. The van der Waals surface area contributed by atoms with Gasteiger partial charge in [0.25, 0.3) is 0 Å². The zero-order chi connectivity index (χ0) is 25.2. The summed E-state index contributed by atoms with van der Waals surface area (Å²) in [6, 6.07) is 13.0. The van der Waals surface area contributed by atoms with Crippen LogP contribution in [-0.2, 0) is 29.7 Å². The third-order valence-electron chi connectivity index (χ3n) is 5.67. The smallest absolute Gasteiger partial charge is 0.232 e. The number of ketones is 1. The Balaban J connectivity index is 1.55. The van der Waals surface area contributed by atoms with Gasteiger partial charge in [-0.05, 0) is 44.2 Å². The van der Waals surface area contributed by atoms with Crippen LogP contribution in [0.2, 0.25) is 0 Å². The van der Waals surface area contributed by atoms with Crippen LogP contribution in [0.1, 0.15) is 30.0 Å². The number of benzene rings is 2. The molecule has 8 nitrogen and oxygen atoms in total. The lowest BCUT2D eigenvalue weighted by atomic mass is 10.1. The number of nitrogens with zero attached hydrogens (tertiary/aromatic N) is 5. The van der Waals surface area contributed by atoms with Crippen molar-refractivity contribution in [1.82, 2.24) is 19.3 Å². The quantitative estimate of drug-likeness (QED) is 0.230. The normalized spacial score (nSPS) is 11.8. The van der Waals surface area contributed by atoms with Crippen molar-refractivity contribution in [2.45, 2.75) is 38.6 Å². The number of halogens is 1. The number of hydrogen-bond acceptors (Lipinski definition) is 6. The van der Waals surface area contributed by atoms with Gasteiger partial charge in [-0.25, -0.2) is 12.8 Å². The number of para-hydroxylation sites is 1. The van der Waals surface area contributed by atoms with Crippen LogP contribution in [0.5, 0.6) is 0 Å². The maximum absolute atomic E-state index is 13.4. The predicted octanol–water partition coefficient (Wildman–Crippen LogP) is 4.35. The number of hydrogen-bond donors (Lipinski definition) is 0. The van der Waals surface area contributed by atoms with Gasteiger partial charge >= 0.3 is 0 Å². The Morgan fingerprint density at radius 3 is 2.43 bits per heavy atom. The van der Waals surface area contributed by atoms with Crippen LogP contribution >= 0.6 is 11.8 Å². The molecule has 2 aromatic heterocycles. The number of carbonyl (C=O) groups is 1. The molecule has 184 valence electrons. The van der Waals surface area contributed by atoms with Crippen LogP contribution in [0.3, 0.4) is 0 Å². The number of anilines is 1. The molecule has 0 radical (unpaired) electrons. The molecular formula is C24H26FN5O3S2. The maximum Gasteiger partial charge on any atom is 0.232 e. The molecule has 0 aliphatic carbocycles. The summed E-state index contributed by atoms with van der Waals surface area (Å²) >= 11 is 1.27. The zero-order valence-electron chi connectivity index (χ0n) is 19.7. The summed E-state index contributed by atoms with van der Waals surface area (Å²) in [5.74, 6) is 0.127. The highest BCUT2D eigenvalue weighted by Crippen LogP contribution is 2.26. The van der Waals surface area contributed by atoms with Crippen LogP contribution in [0, 0.1) is 5.82 Å². The molecule has 0 spiro atoms. The number of aromatic nitrogens is 4. The summed E-state index contributed by atoms with van der Waals surface area (Å²) < 4.78 is 43.3. The van der Waals surface area contributed by atoms with E-state index in [2.05, 4.69) is 14.8 Å². The predicted molar refractivity (Wildman–Crippen MR) is 136 cm³/mol. The molecule has 4 aromatic rings. The van der Waals surface area contributed by atoms with E-state index in [0.717, 1.165) is 28.0 Å². The first-order valence-corrected chi connectivity index (χ1v) is 14.0. The fourth-order valence-electron chi connectivity index (χ4n) is 3.93. The molecule has 0 amide bonds. The first kappa shape index (κ1) is 24.9. The Bertz CT molecular complexity index is 1460. The molecule has 0 unspecified atom stereocenters. The van der Waals surface area contributed by atoms with E-state index in [1.54, 1.807) is 4.57 Å². The molecule has 0 saturated heterocycles. The summed E-state index contributed by atoms with van der Waals surface area (Å²) in [6.45, 7) is 5.13. The maximum atomic E-state index is 13.4. The summed E-state index contributed by atoms with van der Waals surface area (Å²) in [4.78, 5) is 13.1. The van der Waals surface area contributed by atoms with Crippen molar-refractivity contribution in [1.29, 1.82) is 0 Å². The van der Waals surface area contributed by atoms with Gasteiger partial charge < -0.3 is 9.13 Å². The third kappa shape index (κ3) is 5.25. The number of Topliss-reactive ketones (excluding diaryl/α,β-unsaturated/α-hetero) is 1. The van der Waals surface area contributed by atoms with Crippen molar-refractivity contribution in [3.05, 3.63) is 71.9 Å². The first-order valence-electron chi connectivity index (χ1n) is 11.1. The highest BCUT2D eigenvalue weighted by molar-refractivity contribution is 7.99. The van der Waals surface area contributed by atoms with Crippen molar-refractivity contribution in [2.24, 2.45) is 0 Å². The Morgan fingerprint density at radius 2 is 1.77 bits per heavy atom. The van der Waals surface area contributed by atoms with Crippen molar-refractivity contribution < 1.29 is 17.6 Å². The summed E-state index contributed by atoms with van der Waals surface area (Å²) in [7, 11) is -3.66. The zero-order valence-corrected chi connectivity index (χ0v) is 21.3. The minimum absolute atomic E-state index is 0.0188. The first-order chi connectivity index (χ1) is 16.7. The Morgan fingerprint density at radius 1 is 1.06 bits per heavy atom. The minimum atomic E-state index is -3.66. The monoisotopic (exact) mass is 515 g/mol. The lowest BCUT2D eigenvalue weighted by Gasteiger charge is -2.22. The molecule has 0 saturated carbocycles. The molecule has 0 N–H and O–H groups in total. The number of carbonyl (C=O) groups excluding carboxylic acids is 1. The van der Waals surface area contributed by atoms with E-state index >= 15 is 0 Å². The number of rotatable bonds is 10. The Hall–Kier alpha value is -3.18. The molecule has 35 heavy (non-hydrogen) atoms. The fraction of sp³-hybridized carbons (Fsp3) is 0.292. The number of thioether (sulfide) groups is 1. The van der Waals surface area contributed by atoms with E-state index in [1.807, 2.05) is 44.3 Å². The summed E-state index contributed by atoms with van der Waals surface area (Å²) in [5.41, 5.74) is 2.01. The van der Waals surface area contributed by atoms with E-state index in [0.29, 0.717) is 28.8 Å². The minimum Gasteiger partial charge on any atom is -0.347 e. The third-order valence-corrected chi connectivity index (χ3v) is 7.78. The Labute approximate surface area is 207 Å². The Kier molecular flexibility index (Phi) is 7.27. The van der Waals surface area contributed by atoms with Crippen molar-refractivity contribution in [3.63, 3.8) is 0 Å². The molecular weight excluding hydrogens is 489 g/mol. The van der Waals surface area contributed by atoms with Crippen LogP contribution < -0.4 is 4.31 Å². The average Bonchev–Trinajstić information content (AvgIpc) is 3.41. The van der Waals surface area contributed by atoms with E-state index in [4.69, 9.17) is 0 Å². The molecule has 11 heteroatoms. The molecule has 2 heterocycles. The molecule has 0 fully saturated rings. The molecule has 0 aliphatic rings.